The molecular formula is C20H41BN2O2. The summed E-state index contributed by atoms with van der Waals surface area (Å²) in [4.78, 5) is 17.3. The Balaban J connectivity index is 2.43. The maximum absolute atomic E-state index is 12.7. The summed E-state index contributed by atoms with van der Waals surface area (Å²) in [6.07, 6.45) is 4.43. The molecule has 1 amide bonds. The van der Waals surface area contributed by atoms with E-state index in [0.29, 0.717) is 17.6 Å². The minimum absolute atomic E-state index is 0.0517. The first-order valence-corrected chi connectivity index (χ1v) is 10.3. The summed E-state index contributed by atoms with van der Waals surface area (Å²) in [5, 5.41) is 0. The first kappa shape index (κ1) is 22.5. The number of hydrogen-bond acceptors (Lipinski definition) is 3. The molecule has 0 saturated carbocycles. The van der Waals surface area contributed by atoms with Gasteiger partial charge in [0.05, 0.1) is 5.60 Å². The van der Waals surface area contributed by atoms with Gasteiger partial charge in [0.25, 0.3) is 0 Å². The van der Waals surface area contributed by atoms with E-state index in [-0.39, 0.29) is 11.5 Å². The van der Waals surface area contributed by atoms with Crippen molar-refractivity contribution < 1.29 is 9.53 Å². The highest BCUT2D eigenvalue weighted by molar-refractivity contribution is 6.11. The number of ether oxygens (including phenoxy) is 1. The molecule has 25 heavy (non-hydrogen) atoms. The molecule has 0 N–H and O–H groups in total. The number of nitrogens with zero attached hydrogens (tertiary/aromatic N) is 2. The minimum Gasteiger partial charge on any atom is -0.379 e. The van der Waals surface area contributed by atoms with Crippen LogP contribution in [0.25, 0.3) is 0 Å². The van der Waals surface area contributed by atoms with Gasteiger partial charge in [-0.15, -0.1) is 0 Å². The summed E-state index contributed by atoms with van der Waals surface area (Å²) in [5.41, 5.74) is -0.0517. The van der Waals surface area contributed by atoms with Crippen molar-refractivity contribution in [2.45, 2.75) is 71.7 Å². The van der Waals surface area contributed by atoms with Crippen molar-refractivity contribution >= 4 is 13.8 Å². The van der Waals surface area contributed by atoms with E-state index in [9.17, 15) is 4.79 Å². The van der Waals surface area contributed by atoms with Crippen LogP contribution in [0.4, 0.5) is 0 Å². The van der Waals surface area contributed by atoms with Crippen LogP contribution in [-0.2, 0) is 9.53 Å². The Hall–Kier alpha value is -0.545. The molecule has 1 heterocycles. The Kier molecular flexibility index (Phi) is 9.51. The average Bonchev–Trinajstić information content (AvgIpc) is 2.60. The number of methoxy groups -OCH3 is 1. The van der Waals surface area contributed by atoms with E-state index in [1.807, 2.05) is 0 Å². The number of carbonyl (C=O) groups is 1. The molecule has 0 aromatic carbocycles. The third-order valence-corrected chi connectivity index (χ3v) is 5.98. The molecule has 0 aromatic heterocycles. The fourth-order valence-electron chi connectivity index (χ4n) is 3.82. The van der Waals surface area contributed by atoms with Crippen LogP contribution in [0.2, 0.25) is 5.82 Å². The lowest BCUT2D eigenvalue weighted by Crippen LogP contribution is -2.51. The second-order valence-corrected chi connectivity index (χ2v) is 8.72. The first-order valence-electron chi connectivity index (χ1n) is 10.3. The molecule has 146 valence electrons. The molecule has 0 aliphatic carbocycles. The molecule has 3 atom stereocenters. The predicted octanol–water partition coefficient (Wildman–Crippen LogP) is 2.83. The number of rotatable bonds is 10. The number of carbonyl (C=O) groups excluding carboxylic acids is 1. The Morgan fingerprint density at radius 2 is 1.76 bits per heavy atom. The van der Waals surface area contributed by atoms with Crippen LogP contribution in [0.3, 0.4) is 0 Å². The van der Waals surface area contributed by atoms with Crippen molar-refractivity contribution in [3.63, 3.8) is 0 Å². The topological polar surface area (TPSA) is 32.8 Å². The van der Waals surface area contributed by atoms with Gasteiger partial charge >= 0.3 is 0 Å². The van der Waals surface area contributed by atoms with Gasteiger partial charge in [0.15, 0.2) is 0 Å². The zero-order valence-electron chi connectivity index (χ0n) is 17.8. The molecule has 1 saturated heterocycles. The SMILES string of the molecule is BC(CC)CC(C)C(=O)N1CCN(CC(CC)CC(C)(C)OC)CC1. The molecule has 0 spiro atoms. The number of amides is 1. The molecule has 1 rings (SSSR count). The van der Waals surface area contributed by atoms with Crippen LogP contribution in [0, 0.1) is 11.8 Å². The quantitative estimate of drug-likeness (QED) is 0.567. The van der Waals surface area contributed by atoms with Crippen LogP contribution in [0.5, 0.6) is 0 Å². The van der Waals surface area contributed by atoms with Crippen LogP contribution in [-0.4, -0.2) is 69.0 Å². The summed E-state index contributed by atoms with van der Waals surface area (Å²) in [7, 11) is 4.05. The first-order chi connectivity index (χ1) is 11.7. The maximum atomic E-state index is 12.7. The summed E-state index contributed by atoms with van der Waals surface area (Å²) >= 11 is 0. The van der Waals surface area contributed by atoms with E-state index in [4.69, 9.17) is 4.74 Å². The van der Waals surface area contributed by atoms with Crippen LogP contribution in [0.1, 0.15) is 60.3 Å². The molecule has 1 aliphatic rings. The van der Waals surface area contributed by atoms with E-state index in [0.717, 1.165) is 52.0 Å². The lowest BCUT2D eigenvalue weighted by Gasteiger charge is -2.38. The summed E-state index contributed by atoms with van der Waals surface area (Å²) in [6, 6.07) is 0. The van der Waals surface area contributed by atoms with Gasteiger partial charge < -0.3 is 9.64 Å². The zero-order chi connectivity index (χ0) is 19.0. The molecule has 1 aliphatic heterocycles. The third kappa shape index (κ3) is 7.70. The fourth-order valence-corrected chi connectivity index (χ4v) is 3.82. The lowest BCUT2D eigenvalue weighted by atomic mass is 9.78. The third-order valence-electron chi connectivity index (χ3n) is 5.98. The van der Waals surface area contributed by atoms with E-state index in [2.05, 4.69) is 52.3 Å². The van der Waals surface area contributed by atoms with E-state index >= 15 is 0 Å². The smallest absolute Gasteiger partial charge is 0.225 e. The fraction of sp³-hybridized carbons (Fsp3) is 0.950. The van der Waals surface area contributed by atoms with Gasteiger partial charge in [0.1, 0.15) is 7.85 Å². The predicted molar refractivity (Wildman–Crippen MR) is 109 cm³/mol. The van der Waals surface area contributed by atoms with Crippen LogP contribution < -0.4 is 0 Å². The van der Waals surface area contributed by atoms with Crippen molar-refractivity contribution in [3.05, 3.63) is 0 Å². The second kappa shape index (κ2) is 10.6. The van der Waals surface area contributed by atoms with Crippen molar-refractivity contribution in [3.8, 4) is 0 Å². The monoisotopic (exact) mass is 352 g/mol. The molecule has 1 fully saturated rings. The largest absolute Gasteiger partial charge is 0.379 e. The van der Waals surface area contributed by atoms with Gasteiger partial charge in [-0.2, -0.15) is 0 Å². The standard InChI is InChI=1S/C20H41BN2O2/c1-7-17(14-20(4,5)25-6)15-22-9-11-23(12-10-22)19(24)16(3)13-18(21)8-2/h16-18H,7-15,21H2,1-6H3. The van der Waals surface area contributed by atoms with Gasteiger partial charge in [-0.1, -0.05) is 39.4 Å². The van der Waals surface area contributed by atoms with Crippen molar-refractivity contribution in [1.82, 2.24) is 9.80 Å². The molecule has 0 aromatic rings. The Morgan fingerprint density at radius 1 is 1.16 bits per heavy atom. The highest BCUT2D eigenvalue weighted by atomic mass is 16.5. The van der Waals surface area contributed by atoms with Gasteiger partial charge in [0.2, 0.25) is 5.91 Å². The highest BCUT2D eigenvalue weighted by Gasteiger charge is 2.28. The molecule has 0 bridgehead atoms. The Morgan fingerprint density at radius 3 is 2.24 bits per heavy atom. The summed E-state index contributed by atoms with van der Waals surface area (Å²) in [5.74, 6) is 1.80. The molecule has 4 nitrogen and oxygen atoms in total. The number of piperazine rings is 1. The second-order valence-electron chi connectivity index (χ2n) is 8.72. The molecular weight excluding hydrogens is 311 g/mol. The van der Waals surface area contributed by atoms with Gasteiger partial charge in [0, 0.05) is 45.8 Å². The molecule has 0 radical (unpaired) electrons. The van der Waals surface area contributed by atoms with Crippen molar-refractivity contribution in [2.24, 2.45) is 11.8 Å². The Labute approximate surface area is 157 Å². The minimum atomic E-state index is -0.0517. The van der Waals surface area contributed by atoms with Gasteiger partial charge in [-0.3, -0.25) is 9.69 Å². The summed E-state index contributed by atoms with van der Waals surface area (Å²) < 4.78 is 5.60. The summed E-state index contributed by atoms with van der Waals surface area (Å²) in [6.45, 7) is 15.8. The lowest BCUT2D eigenvalue weighted by molar-refractivity contribution is -0.137. The number of hydrogen-bond donors (Lipinski definition) is 0. The molecule has 5 heteroatoms. The van der Waals surface area contributed by atoms with E-state index in [1.165, 1.54) is 6.42 Å². The van der Waals surface area contributed by atoms with Gasteiger partial charge in [-0.25, -0.2) is 0 Å². The van der Waals surface area contributed by atoms with Gasteiger partial charge in [-0.05, 0) is 32.6 Å². The van der Waals surface area contributed by atoms with E-state index < -0.39 is 0 Å². The Bertz CT molecular complexity index is 395. The highest BCUT2D eigenvalue weighted by Crippen LogP contribution is 2.24. The average molecular weight is 352 g/mol. The zero-order valence-corrected chi connectivity index (χ0v) is 17.8. The van der Waals surface area contributed by atoms with E-state index in [1.54, 1.807) is 7.11 Å². The van der Waals surface area contributed by atoms with Crippen LogP contribution in [0.15, 0.2) is 0 Å². The van der Waals surface area contributed by atoms with Crippen LogP contribution >= 0.6 is 0 Å². The van der Waals surface area contributed by atoms with Crippen molar-refractivity contribution in [2.75, 3.05) is 39.8 Å². The molecule has 3 unspecified atom stereocenters. The maximum Gasteiger partial charge on any atom is 0.225 e. The normalized spacial score (nSPS) is 20.3. The van der Waals surface area contributed by atoms with Crippen molar-refractivity contribution in [1.29, 1.82) is 0 Å².